The number of carbonyl (C=O) groups is 1. The van der Waals surface area contributed by atoms with Crippen molar-refractivity contribution in [3.63, 3.8) is 0 Å². The minimum Gasteiger partial charge on any atom is -0.343 e. The van der Waals surface area contributed by atoms with Gasteiger partial charge < -0.3 is 10.2 Å². The molecule has 1 unspecified atom stereocenters. The molecule has 3 heteroatoms. The molecule has 1 amide bonds. The van der Waals surface area contributed by atoms with E-state index in [1.54, 1.807) is 0 Å². The lowest BCUT2D eigenvalue weighted by Gasteiger charge is -2.22. The minimum absolute atomic E-state index is 0.312. The van der Waals surface area contributed by atoms with Gasteiger partial charge in [-0.15, -0.1) is 0 Å². The lowest BCUT2D eigenvalue weighted by Crippen LogP contribution is -2.34. The second-order valence-corrected chi connectivity index (χ2v) is 5.27. The highest BCUT2D eigenvalue weighted by atomic mass is 16.2. The van der Waals surface area contributed by atoms with Crippen molar-refractivity contribution in [2.24, 2.45) is 5.92 Å². The molecule has 1 aliphatic rings. The molecule has 1 atom stereocenters. The minimum atomic E-state index is 0.312. The van der Waals surface area contributed by atoms with Crippen LogP contribution in [0.1, 0.15) is 25.3 Å². The number of hydrogen-bond acceptors (Lipinski definition) is 2. The Morgan fingerprint density at radius 1 is 1.37 bits per heavy atom. The van der Waals surface area contributed by atoms with Gasteiger partial charge in [0.05, 0.1) is 0 Å². The average Bonchev–Trinajstić information content (AvgIpc) is 2.93. The van der Waals surface area contributed by atoms with Crippen molar-refractivity contribution >= 4 is 5.91 Å². The van der Waals surface area contributed by atoms with Gasteiger partial charge >= 0.3 is 0 Å². The first-order valence-electron chi connectivity index (χ1n) is 7.32. The Labute approximate surface area is 116 Å². The second-order valence-electron chi connectivity index (χ2n) is 5.27. The van der Waals surface area contributed by atoms with Crippen molar-refractivity contribution in [2.75, 3.05) is 26.2 Å². The van der Waals surface area contributed by atoms with Gasteiger partial charge in [0.2, 0.25) is 5.91 Å². The first kappa shape index (κ1) is 14.1. The highest BCUT2D eigenvalue weighted by molar-refractivity contribution is 5.76. The molecule has 0 radical (unpaired) electrons. The standard InChI is InChI=1S/C16H24N2O/c1-2-18(11-9-14-6-4-3-5-7-14)16(19)12-15-8-10-17-13-15/h3-7,15,17H,2,8-13H2,1H3. The summed E-state index contributed by atoms with van der Waals surface area (Å²) in [6.45, 7) is 5.77. The van der Waals surface area contributed by atoms with Crippen molar-refractivity contribution in [3.05, 3.63) is 35.9 Å². The monoisotopic (exact) mass is 260 g/mol. The number of rotatable bonds is 6. The molecule has 1 aromatic carbocycles. The van der Waals surface area contributed by atoms with Crippen LogP contribution in [0.25, 0.3) is 0 Å². The normalized spacial score (nSPS) is 18.5. The Kier molecular flexibility index (Phi) is 5.40. The van der Waals surface area contributed by atoms with Gasteiger partial charge in [0.1, 0.15) is 0 Å². The van der Waals surface area contributed by atoms with Crippen molar-refractivity contribution < 1.29 is 4.79 Å². The molecule has 0 aromatic heterocycles. The molecular weight excluding hydrogens is 236 g/mol. The van der Waals surface area contributed by atoms with Crippen LogP contribution >= 0.6 is 0 Å². The van der Waals surface area contributed by atoms with Gasteiger partial charge in [-0.2, -0.15) is 0 Å². The lowest BCUT2D eigenvalue weighted by atomic mass is 10.0. The van der Waals surface area contributed by atoms with Crippen molar-refractivity contribution in [1.82, 2.24) is 10.2 Å². The van der Waals surface area contributed by atoms with Crippen LogP contribution in [0.2, 0.25) is 0 Å². The highest BCUT2D eigenvalue weighted by Gasteiger charge is 2.20. The maximum atomic E-state index is 12.2. The zero-order valence-electron chi connectivity index (χ0n) is 11.8. The predicted molar refractivity (Wildman–Crippen MR) is 78.0 cm³/mol. The summed E-state index contributed by atoms with van der Waals surface area (Å²) >= 11 is 0. The fourth-order valence-electron chi connectivity index (χ4n) is 2.63. The molecule has 0 aliphatic carbocycles. The summed E-state index contributed by atoms with van der Waals surface area (Å²) in [6, 6.07) is 10.4. The SMILES string of the molecule is CCN(CCc1ccccc1)C(=O)CC1CCNC1. The molecule has 1 heterocycles. The van der Waals surface area contributed by atoms with Gasteiger partial charge in [0.15, 0.2) is 0 Å². The van der Waals surface area contributed by atoms with E-state index in [1.807, 2.05) is 11.0 Å². The van der Waals surface area contributed by atoms with Crippen molar-refractivity contribution in [1.29, 1.82) is 0 Å². The third kappa shape index (κ3) is 4.35. The summed E-state index contributed by atoms with van der Waals surface area (Å²) in [5.41, 5.74) is 1.30. The summed E-state index contributed by atoms with van der Waals surface area (Å²) in [5.74, 6) is 0.852. The maximum Gasteiger partial charge on any atom is 0.222 e. The molecule has 104 valence electrons. The van der Waals surface area contributed by atoms with Crippen LogP contribution in [0.3, 0.4) is 0 Å². The summed E-state index contributed by atoms with van der Waals surface area (Å²) < 4.78 is 0. The van der Waals surface area contributed by atoms with Gasteiger partial charge in [0, 0.05) is 19.5 Å². The average molecular weight is 260 g/mol. The van der Waals surface area contributed by atoms with Gasteiger partial charge in [0.25, 0.3) is 0 Å². The summed E-state index contributed by atoms with van der Waals surface area (Å²) in [4.78, 5) is 14.2. The smallest absolute Gasteiger partial charge is 0.222 e. The van der Waals surface area contributed by atoms with Crippen LogP contribution in [0.15, 0.2) is 30.3 Å². The Morgan fingerprint density at radius 3 is 2.79 bits per heavy atom. The Bertz CT molecular complexity index is 385. The highest BCUT2D eigenvalue weighted by Crippen LogP contribution is 2.14. The molecule has 0 saturated carbocycles. The van der Waals surface area contributed by atoms with E-state index < -0.39 is 0 Å². The molecule has 3 nitrogen and oxygen atoms in total. The predicted octanol–water partition coefficient (Wildman–Crippen LogP) is 2.08. The zero-order valence-corrected chi connectivity index (χ0v) is 11.8. The zero-order chi connectivity index (χ0) is 13.5. The molecule has 2 rings (SSSR count). The van der Waals surface area contributed by atoms with Crippen LogP contribution in [-0.4, -0.2) is 37.0 Å². The van der Waals surface area contributed by atoms with E-state index in [-0.39, 0.29) is 0 Å². The van der Waals surface area contributed by atoms with Gasteiger partial charge in [-0.1, -0.05) is 30.3 Å². The number of hydrogen-bond donors (Lipinski definition) is 1. The van der Waals surface area contributed by atoms with E-state index in [2.05, 4.69) is 36.5 Å². The Hall–Kier alpha value is -1.35. The van der Waals surface area contributed by atoms with E-state index in [0.29, 0.717) is 18.2 Å². The van der Waals surface area contributed by atoms with Crippen molar-refractivity contribution in [2.45, 2.75) is 26.2 Å². The van der Waals surface area contributed by atoms with Gasteiger partial charge in [-0.3, -0.25) is 4.79 Å². The molecule has 1 saturated heterocycles. The summed E-state index contributed by atoms with van der Waals surface area (Å²) in [5, 5.41) is 3.32. The molecule has 1 aromatic rings. The van der Waals surface area contributed by atoms with Crippen molar-refractivity contribution in [3.8, 4) is 0 Å². The van der Waals surface area contributed by atoms with E-state index in [0.717, 1.165) is 39.0 Å². The maximum absolute atomic E-state index is 12.2. The van der Waals surface area contributed by atoms with Crippen LogP contribution in [0, 0.1) is 5.92 Å². The Balaban J connectivity index is 1.80. The van der Waals surface area contributed by atoms with Gasteiger partial charge in [-0.05, 0) is 44.3 Å². The quantitative estimate of drug-likeness (QED) is 0.849. The van der Waals surface area contributed by atoms with E-state index in [1.165, 1.54) is 5.56 Å². The first-order chi connectivity index (χ1) is 9.29. The molecular formula is C16H24N2O. The lowest BCUT2D eigenvalue weighted by molar-refractivity contribution is -0.131. The van der Waals surface area contributed by atoms with Crippen LogP contribution in [-0.2, 0) is 11.2 Å². The molecule has 1 aliphatic heterocycles. The number of carbonyl (C=O) groups excluding carboxylic acids is 1. The Morgan fingerprint density at radius 2 is 2.16 bits per heavy atom. The fraction of sp³-hybridized carbons (Fsp3) is 0.562. The molecule has 1 fully saturated rings. The number of nitrogens with zero attached hydrogens (tertiary/aromatic N) is 1. The topological polar surface area (TPSA) is 32.3 Å². The van der Waals surface area contributed by atoms with E-state index in [9.17, 15) is 4.79 Å². The summed E-state index contributed by atoms with van der Waals surface area (Å²) in [7, 11) is 0. The van der Waals surface area contributed by atoms with Crippen LogP contribution in [0.5, 0.6) is 0 Å². The molecule has 0 spiro atoms. The van der Waals surface area contributed by atoms with Gasteiger partial charge in [-0.25, -0.2) is 0 Å². The third-order valence-electron chi connectivity index (χ3n) is 3.87. The number of nitrogens with one attached hydrogen (secondary N) is 1. The third-order valence-corrected chi connectivity index (χ3v) is 3.87. The van der Waals surface area contributed by atoms with Crippen LogP contribution in [0.4, 0.5) is 0 Å². The van der Waals surface area contributed by atoms with E-state index in [4.69, 9.17) is 0 Å². The number of likely N-dealkylation sites (N-methyl/N-ethyl adjacent to an activating group) is 1. The van der Waals surface area contributed by atoms with Crippen LogP contribution < -0.4 is 5.32 Å². The first-order valence-corrected chi connectivity index (χ1v) is 7.32. The number of benzene rings is 1. The molecule has 0 bridgehead atoms. The fourth-order valence-corrected chi connectivity index (χ4v) is 2.63. The molecule has 19 heavy (non-hydrogen) atoms. The molecule has 1 N–H and O–H groups in total. The summed E-state index contributed by atoms with van der Waals surface area (Å²) in [6.07, 6.45) is 2.79. The van der Waals surface area contributed by atoms with E-state index >= 15 is 0 Å². The second kappa shape index (κ2) is 7.29. The largest absolute Gasteiger partial charge is 0.343 e. The number of amides is 1.